The Kier molecular flexibility index (Phi) is 4.77. The second-order valence-corrected chi connectivity index (χ2v) is 7.35. The molecular weight excluding hydrogens is 334 g/mol. The van der Waals surface area contributed by atoms with Gasteiger partial charge in [-0.05, 0) is 55.8 Å². The Balaban J connectivity index is 1.64. The van der Waals surface area contributed by atoms with Gasteiger partial charge in [0.05, 0.1) is 5.69 Å². The van der Waals surface area contributed by atoms with Gasteiger partial charge in [-0.1, -0.05) is 23.7 Å². The number of aromatic nitrogens is 2. The van der Waals surface area contributed by atoms with E-state index in [1.165, 1.54) is 11.1 Å². The van der Waals surface area contributed by atoms with Crippen molar-refractivity contribution in [1.29, 1.82) is 0 Å². The molecule has 25 heavy (non-hydrogen) atoms. The number of nitrogens with two attached hydrogens (primary N) is 1. The number of hydrogen-bond acceptors (Lipinski definition) is 5. The number of rotatable bonds is 2. The normalized spacial score (nSPS) is 20.8. The molecule has 2 heterocycles. The number of hydrogen-bond donors (Lipinski definition) is 2. The van der Waals surface area contributed by atoms with Gasteiger partial charge < -0.3 is 16.0 Å². The van der Waals surface area contributed by atoms with Crippen LogP contribution in [0.4, 0.5) is 11.8 Å². The predicted molar refractivity (Wildman–Crippen MR) is 102 cm³/mol. The molecule has 0 spiro atoms. The molecule has 1 fully saturated rings. The van der Waals surface area contributed by atoms with Crippen LogP contribution in [-0.2, 0) is 12.8 Å². The molecule has 0 saturated carbocycles. The van der Waals surface area contributed by atoms with E-state index in [-0.39, 0.29) is 0 Å². The molecule has 1 atom stereocenters. The number of nitrogens with one attached hydrogen (secondary N) is 1. The summed E-state index contributed by atoms with van der Waals surface area (Å²) in [7, 11) is 0. The summed E-state index contributed by atoms with van der Waals surface area (Å²) in [6.45, 7) is 4.05. The summed E-state index contributed by atoms with van der Waals surface area (Å²) in [5, 5.41) is 4.24. The largest absolute Gasteiger partial charge is 0.368 e. The van der Waals surface area contributed by atoms with E-state index in [0.717, 1.165) is 68.4 Å². The molecule has 1 saturated heterocycles. The van der Waals surface area contributed by atoms with Crippen LogP contribution in [-0.4, -0.2) is 36.1 Å². The maximum absolute atomic E-state index is 6.17. The van der Waals surface area contributed by atoms with E-state index in [0.29, 0.717) is 11.9 Å². The number of halogens is 1. The highest BCUT2D eigenvalue weighted by atomic mass is 35.5. The Hall–Kier alpha value is -1.85. The van der Waals surface area contributed by atoms with Gasteiger partial charge in [0, 0.05) is 30.2 Å². The molecule has 1 aromatic carbocycles. The lowest BCUT2D eigenvalue weighted by molar-refractivity contribution is 0.569. The van der Waals surface area contributed by atoms with Crippen molar-refractivity contribution < 1.29 is 0 Å². The van der Waals surface area contributed by atoms with Gasteiger partial charge in [-0.3, -0.25) is 0 Å². The highest BCUT2D eigenvalue weighted by Gasteiger charge is 2.27. The van der Waals surface area contributed by atoms with Crippen LogP contribution >= 0.6 is 11.6 Å². The third-order valence-electron chi connectivity index (χ3n) is 5.23. The first kappa shape index (κ1) is 16.6. The van der Waals surface area contributed by atoms with Gasteiger partial charge >= 0.3 is 0 Å². The molecule has 1 aliphatic carbocycles. The molecular formula is C19H24ClN5. The Labute approximate surface area is 153 Å². The number of fused-ring (bicyclic) bond motifs is 1. The summed E-state index contributed by atoms with van der Waals surface area (Å²) >= 11 is 6.17. The van der Waals surface area contributed by atoms with Crippen molar-refractivity contribution >= 4 is 23.4 Å². The van der Waals surface area contributed by atoms with Crippen LogP contribution in [0.1, 0.15) is 35.6 Å². The minimum Gasteiger partial charge on any atom is -0.368 e. The smallest absolute Gasteiger partial charge is 0.222 e. The second-order valence-electron chi connectivity index (χ2n) is 6.92. The number of nitrogens with zero attached hydrogens (tertiary/aromatic N) is 3. The Morgan fingerprint density at radius 1 is 1.20 bits per heavy atom. The Bertz CT molecular complexity index is 755. The maximum Gasteiger partial charge on any atom is 0.222 e. The van der Waals surface area contributed by atoms with E-state index < -0.39 is 0 Å². The van der Waals surface area contributed by atoms with E-state index in [1.54, 1.807) is 0 Å². The molecule has 132 valence electrons. The third kappa shape index (κ3) is 3.58. The molecule has 1 aliphatic heterocycles. The molecule has 0 amide bonds. The van der Waals surface area contributed by atoms with E-state index in [2.05, 4.69) is 32.3 Å². The van der Waals surface area contributed by atoms with E-state index in [9.17, 15) is 0 Å². The highest BCUT2D eigenvalue weighted by molar-refractivity contribution is 6.30. The van der Waals surface area contributed by atoms with Gasteiger partial charge in [0.1, 0.15) is 5.82 Å². The molecule has 0 bridgehead atoms. The van der Waals surface area contributed by atoms with Gasteiger partial charge in [-0.25, -0.2) is 4.98 Å². The van der Waals surface area contributed by atoms with Gasteiger partial charge in [0.15, 0.2) is 0 Å². The fourth-order valence-electron chi connectivity index (χ4n) is 3.98. The molecule has 3 N–H and O–H groups in total. The molecule has 0 radical (unpaired) electrons. The lowest BCUT2D eigenvalue weighted by Gasteiger charge is -2.30. The van der Waals surface area contributed by atoms with Crippen molar-refractivity contribution in [3.8, 4) is 0 Å². The average molecular weight is 358 g/mol. The summed E-state index contributed by atoms with van der Waals surface area (Å²) in [6.07, 6.45) is 4.12. The third-order valence-corrected chi connectivity index (χ3v) is 5.47. The molecule has 1 unspecified atom stereocenters. The van der Waals surface area contributed by atoms with Gasteiger partial charge in [-0.2, -0.15) is 4.98 Å². The minimum absolute atomic E-state index is 0.387. The first-order valence-corrected chi connectivity index (χ1v) is 9.45. The fraction of sp³-hybridized carbons (Fsp3) is 0.474. The molecule has 1 aromatic heterocycles. The molecule has 6 heteroatoms. The zero-order valence-electron chi connectivity index (χ0n) is 14.3. The number of nitrogen functional groups attached to an aromatic ring is 1. The van der Waals surface area contributed by atoms with E-state index >= 15 is 0 Å². The SMILES string of the molecule is Nc1nc2c(c(N3CCCNCC3)n1)CCC(c1cccc(Cl)c1)C2. The zero-order chi connectivity index (χ0) is 17.2. The van der Waals surface area contributed by atoms with Crippen molar-refractivity contribution in [2.45, 2.75) is 31.6 Å². The average Bonchev–Trinajstić information content (AvgIpc) is 2.90. The summed E-state index contributed by atoms with van der Waals surface area (Å²) in [4.78, 5) is 11.6. The van der Waals surface area contributed by atoms with Crippen LogP contribution in [0.3, 0.4) is 0 Å². The molecule has 2 aliphatic rings. The minimum atomic E-state index is 0.387. The van der Waals surface area contributed by atoms with Crippen LogP contribution in [0.5, 0.6) is 0 Å². The number of anilines is 2. The maximum atomic E-state index is 6.17. The lowest BCUT2D eigenvalue weighted by Crippen LogP contribution is -2.31. The van der Waals surface area contributed by atoms with Crippen molar-refractivity contribution in [1.82, 2.24) is 15.3 Å². The summed E-state index contributed by atoms with van der Waals surface area (Å²) < 4.78 is 0. The Morgan fingerprint density at radius 2 is 2.12 bits per heavy atom. The van der Waals surface area contributed by atoms with Crippen LogP contribution in [0.15, 0.2) is 24.3 Å². The summed E-state index contributed by atoms with van der Waals surface area (Å²) in [6, 6.07) is 8.18. The predicted octanol–water partition coefficient (Wildman–Crippen LogP) is 2.78. The molecule has 4 rings (SSSR count). The topological polar surface area (TPSA) is 67.1 Å². The van der Waals surface area contributed by atoms with Crippen molar-refractivity contribution in [2.75, 3.05) is 36.8 Å². The quantitative estimate of drug-likeness (QED) is 0.865. The van der Waals surface area contributed by atoms with Gasteiger partial charge in [-0.15, -0.1) is 0 Å². The first-order chi connectivity index (χ1) is 12.2. The first-order valence-electron chi connectivity index (χ1n) is 9.07. The Morgan fingerprint density at radius 3 is 3.00 bits per heavy atom. The van der Waals surface area contributed by atoms with Crippen LogP contribution in [0, 0.1) is 0 Å². The highest BCUT2D eigenvalue weighted by Crippen LogP contribution is 2.36. The zero-order valence-corrected chi connectivity index (χ0v) is 15.1. The van der Waals surface area contributed by atoms with E-state index in [1.807, 2.05) is 12.1 Å². The van der Waals surface area contributed by atoms with E-state index in [4.69, 9.17) is 17.3 Å². The number of benzene rings is 1. The molecule has 5 nitrogen and oxygen atoms in total. The summed E-state index contributed by atoms with van der Waals surface area (Å²) in [5.41, 5.74) is 9.73. The van der Waals surface area contributed by atoms with Crippen LogP contribution in [0.2, 0.25) is 5.02 Å². The van der Waals surface area contributed by atoms with Crippen LogP contribution < -0.4 is 16.0 Å². The molecule has 2 aromatic rings. The van der Waals surface area contributed by atoms with Crippen molar-refractivity contribution in [3.05, 3.63) is 46.1 Å². The fourth-order valence-corrected chi connectivity index (χ4v) is 4.18. The summed E-state index contributed by atoms with van der Waals surface area (Å²) in [5.74, 6) is 1.88. The van der Waals surface area contributed by atoms with Crippen LogP contribution in [0.25, 0.3) is 0 Å². The standard InChI is InChI=1S/C19H24ClN5/c20-15-4-1-3-13(11-15)14-5-6-16-17(12-14)23-19(21)24-18(16)25-9-2-7-22-8-10-25/h1,3-4,11,14,22H,2,5-10,12H2,(H2,21,23,24). The van der Waals surface area contributed by atoms with Crippen molar-refractivity contribution in [2.24, 2.45) is 0 Å². The lowest BCUT2D eigenvalue weighted by atomic mass is 9.82. The second kappa shape index (κ2) is 7.18. The monoisotopic (exact) mass is 357 g/mol. The van der Waals surface area contributed by atoms with Crippen molar-refractivity contribution in [3.63, 3.8) is 0 Å². The van der Waals surface area contributed by atoms with Gasteiger partial charge in [0.2, 0.25) is 5.95 Å². The van der Waals surface area contributed by atoms with Gasteiger partial charge in [0.25, 0.3) is 0 Å².